The van der Waals surface area contributed by atoms with Crippen molar-refractivity contribution in [2.24, 2.45) is 0 Å². The van der Waals surface area contributed by atoms with E-state index < -0.39 is 11.7 Å². The molecule has 0 fully saturated rings. The van der Waals surface area contributed by atoms with Crippen LogP contribution in [-0.2, 0) is 27.3 Å². The standard InChI is InChI=1S/C24H30ClN3O4/c1-24(2,3)32-23(31)26-13-12-22(30)28-20-9-5-7-18(15-20)16-27-21(29)11-10-17-6-4-8-19(25)14-17/h4-9,14-15H,10-13,16H2,1-3H3,(H,26,31)(H,27,29)(H,28,30). The summed E-state index contributed by atoms with van der Waals surface area (Å²) in [5.41, 5.74) is 1.92. The average molecular weight is 460 g/mol. The van der Waals surface area contributed by atoms with Gasteiger partial charge in [-0.2, -0.15) is 0 Å². The molecule has 0 aliphatic rings. The molecule has 3 amide bonds. The minimum Gasteiger partial charge on any atom is -0.444 e. The van der Waals surface area contributed by atoms with E-state index in [0.29, 0.717) is 30.1 Å². The number of nitrogens with one attached hydrogen (secondary N) is 3. The fraction of sp³-hybridized carbons (Fsp3) is 0.375. The molecular weight excluding hydrogens is 430 g/mol. The Bertz CT molecular complexity index is 941. The first-order valence-electron chi connectivity index (χ1n) is 10.5. The van der Waals surface area contributed by atoms with Crippen molar-refractivity contribution in [2.45, 2.75) is 52.2 Å². The van der Waals surface area contributed by atoms with E-state index in [2.05, 4.69) is 16.0 Å². The summed E-state index contributed by atoms with van der Waals surface area (Å²) in [7, 11) is 0. The van der Waals surface area contributed by atoms with E-state index in [9.17, 15) is 14.4 Å². The largest absolute Gasteiger partial charge is 0.444 e. The quantitative estimate of drug-likeness (QED) is 0.516. The Kier molecular flexibility index (Phi) is 9.53. The Morgan fingerprint density at radius 1 is 0.906 bits per heavy atom. The molecule has 0 aliphatic heterocycles. The molecule has 3 N–H and O–H groups in total. The Labute approximate surface area is 193 Å². The van der Waals surface area contributed by atoms with Gasteiger partial charge in [-0.15, -0.1) is 0 Å². The number of ether oxygens (including phenoxy) is 1. The van der Waals surface area contributed by atoms with Crippen LogP contribution in [0.2, 0.25) is 5.02 Å². The van der Waals surface area contributed by atoms with Crippen molar-refractivity contribution in [2.75, 3.05) is 11.9 Å². The molecule has 2 rings (SSSR count). The Balaban J connectivity index is 1.72. The summed E-state index contributed by atoms with van der Waals surface area (Å²) in [6.07, 6.45) is 0.531. The van der Waals surface area contributed by atoms with Gasteiger partial charge in [0.05, 0.1) is 0 Å². The van der Waals surface area contributed by atoms with Gasteiger partial charge in [-0.1, -0.05) is 35.9 Å². The van der Waals surface area contributed by atoms with E-state index in [1.165, 1.54) is 0 Å². The maximum atomic E-state index is 12.1. The molecule has 0 radical (unpaired) electrons. The highest BCUT2D eigenvalue weighted by Crippen LogP contribution is 2.13. The van der Waals surface area contributed by atoms with Gasteiger partial charge in [0.25, 0.3) is 0 Å². The van der Waals surface area contributed by atoms with Gasteiger partial charge in [-0.05, 0) is 62.6 Å². The molecule has 32 heavy (non-hydrogen) atoms. The highest BCUT2D eigenvalue weighted by molar-refractivity contribution is 6.30. The summed E-state index contributed by atoms with van der Waals surface area (Å²) in [6, 6.07) is 14.7. The summed E-state index contributed by atoms with van der Waals surface area (Å²) in [5.74, 6) is -0.295. The third-order valence-corrected chi connectivity index (χ3v) is 4.49. The highest BCUT2D eigenvalue weighted by atomic mass is 35.5. The van der Waals surface area contributed by atoms with Crippen LogP contribution in [0.1, 0.15) is 44.7 Å². The second kappa shape index (κ2) is 12.1. The lowest BCUT2D eigenvalue weighted by Crippen LogP contribution is -2.34. The zero-order chi connectivity index (χ0) is 23.6. The minimum atomic E-state index is -0.586. The molecule has 2 aromatic rings. The van der Waals surface area contributed by atoms with E-state index in [-0.39, 0.29) is 24.8 Å². The molecule has 0 aromatic heterocycles. The number of rotatable bonds is 9. The van der Waals surface area contributed by atoms with Crippen molar-refractivity contribution in [3.8, 4) is 0 Å². The normalized spacial score (nSPS) is 10.9. The second-order valence-corrected chi connectivity index (χ2v) is 8.77. The Hall–Kier alpha value is -3.06. The van der Waals surface area contributed by atoms with Crippen LogP contribution in [0.25, 0.3) is 0 Å². The van der Waals surface area contributed by atoms with Crippen LogP contribution >= 0.6 is 11.6 Å². The van der Waals surface area contributed by atoms with E-state index in [0.717, 1.165) is 11.1 Å². The summed E-state index contributed by atoms with van der Waals surface area (Å²) < 4.78 is 5.13. The minimum absolute atomic E-state index is 0.0624. The van der Waals surface area contributed by atoms with Crippen molar-refractivity contribution in [1.29, 1.82) is 0 Å². The maximum Gasteiger partial charge on any atom is 0.407 e. The van der Waals surface area contributed by atoms with Gasteiger partial charge in [-0.3, -0.25) is 9.59 Å². The molecule has 0 bridgehead atoms. The van der Waals surface area contributed by atoms with Gasteiger partial charge in [-0.25, -0.2) is 4.79 Å². The lowest BCUT2D eigenvalue weighted by molar-refractivity contribution is -0.121. The first kappa shape index (κ1) is 25.2. The number of aryl methyl sites for hydroxylation is 1. The molecule has 172 valence electrons. The fourth-order valence-electron chi connectivity index (χ4n) is 2.81. The van der Waals surface area contributed by atoms with E-state index in [1.807, 2.05) is 30.3 Å². The van der Waals surface area contributed by atoms with Gasteiger partial charge < -0.3 is 20.7 Å². The summed E-state index contributed by atoms with van der Waals surface area (Å²) in [5, 5.41) is 8.88. The van der Waals surface area contributed by atoms with E-state index in [4.69, 9.17) is 16.3 Å². The second-order valence-electron chi connectivity index (χ2n) is 8.33. The van der Waals surface area contributed by atoms with Gasteiger partial charge >= 0.3 is 6.09 Å². The highest BCUT2D eigenvalue weighted by Gasteiger charge is 2.16. The molecule has 0 heterocycles. The van der Waals surface area contributed by atoms with Crippen molar-refractivity contribution < 1.29 is 19.1 Å². The Morgan fingerprint density at radius 3 is 2.34 bits per heavy atom. The molecule has 0 atom stereocenters. The topological polar surface area (TPSA) is 96.5 Å². The SMILES string of the molecule is CC(C)(C)OC(=O)NCCC(=O)Nc1cccc(CNC(=O)CCc2cccc(Cl)c2)c1. The van der Waals surface area contributed by atoms with Crippen molar-refractivity contribution >= 4 is 35.2 Å². The summed E-state index contributed by atoms with van der Waals surface area (Å²) >= 11 is 5.96. The van der Waals surface area contributed by atoms with Crippen LogP contribution in [-0.4, -0.2) is 30.1 Å². The number of hydrogen-bond acceptors (Lipinski definition) is 4. The van der Waals surface area contributed by atoms with Gasteiger partial charge in [0.1, 0.15) is 5.60 Å². The molecule has 0 saturated heterocycles. The maximum absolute atomic E-state index is 12.1. The number of benzene rings is 2. The summed E-state index contributed by atoms with van der Waals surface area (Å²) in [6.45, 7) is 5.84. The van der Waals surface area contributed by atoms with Crippen LogP contribution in [0.4, 0.5) is 10.5 Å². The predicted molar refractivity (Wildman–Crippen MR) is 126 cm³/mol. The van der Waals surface area contributed by atoms with Gasteiger partial charge in [0, 0.05) is 36.6 Å². The van der Waals surface area contributed by atoms with Crippen molar-refractivity contribution in [3.05, 3.63) is 64.7 Å². The number of alkyl carbamates (subject to hydrolysis) is 1. The molecule has 8 heteroatoms. The molecule has 0 unspecified atom stereocenters. The van der Waals surface area contributed by atoms with Crippen LogP contribution < -0.4 is 16.0 Å². The third-order valence-electron chi connectivity index (χ3n) is 4.25. The van der Waals surface area contributed by atoms with E-state index >= 15 is 0 Å². The number of halogens is 1. The zero-order valence-electron chi connectivity index (χ0n) is 18.7. The number of hydrogen-bond donors (Lipinski definition) is 3. The van der Waals surface area contributed by atoms with Gasteiger partial charge in [0.15, 0.2) is 0 Å². The fourth-order valence-corrected chi connectivity index (χ4v) is 3.03. The number of carbonyl (C=O) groups excluding carboxylic acids is 3. The van der Waals surface area contributed by atoms with Crippen molar-refractivity contribution in [1.82, 2.24) is 10.6 Å². The smallest absolute Gasteiger partial charge is 0.407 e. The number of carbonyl (C=O) groups is 3. The predicted octanol–water partition coefficient (Wildman–Crippen LogP) is 4.44. The van der Waals surface area contributed by atoms with Crippen LogP contribution in [0, 0.1) is 0 Å². The van der Waals surface area contributed by atoms with Crippen molar-refractivity contribution in [3.63, 3.8) is 0 Å². The average Bonchev–Trinajstić information content (AvgIpc) is 2.70. The number of amides is 3. The Morgan fingerprint density at radius 2 is 1.62 bits per heavy atom. The van der Waals surface area contributed by atoms with Gasteiger partial charge in [0.2, 0.25) is 11.8 Å². The monoisotopic (exact) mass is 459 g/mol. The molecule has 0 spiro atoms. The molecule has 7 nitrogen and oxygen atoms in total. The number of anilines is 1. The molecule has 0 saturated carbocycles. The zero-order valence-corrected chi connectivity index (χ0v) is 19.4. The van der Waals surface area contributed by atoms with Crippen LogP contribution in [0.15, 0.2) is 48.5 Å². The molecule has 2 aromatic carbocycles. The summed E-state index contributed by atoms with van der Waals surface area (Å²) in [4.78, 5) is 35.9. The van der Waals surface area contributed by atoms with E-state index in [1.54, 1.807) is 39.0 Å². The first-order chi connectivity index (χ1) is 15.1. The first-order valence-corrected chi connectivity index (χ1v) is 10.9. The lowest BCUT2D eigenvalue weighted by Gasteiger charge is -2.19. The lowest BCUT2D eigenvalue weighted by atomic mass is 10.1. The van der Waals surface area contributed by atoms with Crippen LogP contribution in [0.3, 0.4) is 0 Å². The molecular formula is C24H30ClN3O4. The third kappa shape index (κ3) is 10.3. The molecule has 0 aliphatic carbocycles. The van der Waals surface area contributed by atoms with Crippen LogP contribution in [0.5, 0.6) is 0 Å².